The second kappa shape index (κ2) is 12.1. The van der Waals surface area contributed by atoms with Crippen molar-refractivity contribution in [1.29, 1.82) is 0 Å². The van der Waals surface area contributed by atoms with E-state index >= 15 is 0 Å². The zero-order chi connectivity index (χ0) is 22.1. The third-order valence-corrected chi connectivity index (χ3v) is 8.27. The maximum absolute atomic E-state index is 13.5. The Balaban J connectivity index is 2.26. The molecule has 1 fully saturated rings. The van der Waals surface area contributed by atoms with E-state index in [9.17, 15) is 13.2 Å². The van der Waals surface area contributed by atoms with E-state index in [1.165, 1.54) is 4.31 Å². The molecule has 2 aliphatic rings. The van der Waals surface area contributed by atoms with E-state index in [0.29, 0.717) is 37.0 Å². The summed E-state index contributed by atoms with van der Waals surface area (Å²) in [7, 11) is -3.62. The Morgan fingerprint density at radius 2 is 1.97 bits per heavy atom. The molecule has 1 amide bonds. The van der Waals surface area contributed by atoms with Gasteiger partial charge in [-0.2, -0.15) is 4.31 Å². The van der Waals surface area contributed by atoms with Crippen LogP contribution in [-0.2, 0) is 14.8 Å². The van der Waals surface area contributed by atoms with Crippen molar-refractivity contribution in [2.75, 3.05) is 32.1 Å². The molecule has 1 heterocycles. The molecule has 1 aliphatic heterocycles. The van der Waals surface area contributed by atoms with Gasteiger partial charge in [0.2, 0.25) is 15.9 Å². The number of carbonyl (C=O) groups excluding carboxylic acids is 1. The number of piperazine rings is 1. The number of carbonyl (C=O) groups is 1. The van der Waals surface area contributed by atoms with Gasteiger partial charge in [-0.1, -0.05) is 50.5 Å². The molecular formula is C23H37ClN2O3S. The Morgan fingerprint density at radius 3 is 2.53 bits per heavy atom. The van der Waals surface area contributed by atoms with Crippen LogP contribution in [0.2, 0.25) is 0 Å². The van der Waals surface area contributed by atoms with Gasteiger partial charge >= 0.3 is 0 Å². The van der Waals surface area contributed by atoms with Gasteiger partial charge < -0.3 is 4.90 Å². The Morgan fingerprint density at radius 1 is 1.27 bits per heavy atom. The summed E-state index contributed by atoms with van der Waals surface area (Å²) in [4.78, 5) is 13.9. The minimum atomic E-state index is -3.62. The number of allylic oxidation sites excluding steroid dienone is 5. The predicted molar refractivity (Wildman–Crippen MR) is 125 cm³/mol. The summed E-state index contributed by atoms with van der Waals surface area (Å²) in [6, 6.07) is 0. The van der Waals surface area contributed by atoms with Gasteiger partial charge in [-0.3, -0.25) is 4.79 Å². The first-order valence-corrected chi connectivity index (χ1v) is 13.2. The molecule has 170 valence electrons. The number of amides is 1. The molecule has 0 aromatic rings. The van der Waals surface area contributed by atoms with Crippen LogP contribution < -0.4 is 0 Å². The minimum Gasteiger partial charge on any atom is -0.339 e. The molecular weight excluding hydrogens is 420 g/mol. The number of halogens is 1. The summed E-state index contributed by atoms with van der Waals surface area (Å²) in [5.41, 5.74) is 1.11. The minimum absolute atomic E-state index is 0.0660. The predicted octanol–water partition coefficient (Wildman–Crippen LogP) is 4.71. The third-order valence-electron chi connectivity index (χ3n) is 6.15. The van der Waals surface area contributed by atoms with Crippen molar-refractivity contribution in [2.45, 2.75) is 59.3 Å². The van der Waals surface area contributed by atoms with Crippen LogP contribution in [0.4, 0.5) is 0 Å². The Kier molecular flexibility index (Phi) is 10.1. The lowest BCUT2D eigenvalue weighted by molar-refractivity contribution is -0.129. The van der Waals surface area contributed by atoms with E-state index in [2.05, 4.69) is 26.0 Å². The molecule has 2 unspecified atom stereocenters. The van der Waals surface area contributed by atoms with Crippen molar-refractivity contribution in [3.8, 4) is 0 Å². The molecule has 1 saturated heterocycles. The van der Waals surface area contributed by atoms with Crippen LogP contribution in [0, 0.1) is 11.8 Å². The lowest BCUT2D eigenvalue weighted by Gasteiger charge is -2.34. The zero-order valence-electron chi connectivity index (χ0n) is 18.6. The fourth-order valence-corrected chi connectivity index (χ4v) is 5.71. The molecule has 0 aromatic carbocycles. The highest BCUT2D eigenvalue weighted by molar-refractivity contribution is 7.93. The van der Waals surface area contributed by atoms with Crippen molar-refractivity contribution in [3.05, 3.63) is 34.8 Å². The number of hydrogen-bond donors (Lipinski definition) is 0. The molecule has 2 atom stereocenters. The van der Waals surface area contributed by atoms with E-state index in [1.54, 1.807) is 4.90 Å². The third kappa shape index (κ3) is 6.96. The highest BCUT2D eigenvalue weighted by Crippen LogP contribution is 2.27. The Hall–Kier alpha value is -1.11. The first kappa shape index (κ1) is 25.2. The molecule has 0 aromatic heterocycles. The summed E-state index contributed by atoms with van der Waals surface area (Å²) in [6.07, 6.45) is 14.5. The lowest BCUT2D eigenvalue weighted by Crippen LogP contribution is -2.51. The fraction of sp³-hybridized carbons (Fsp3) is 0.696. The van der Waals surface area contributed by atoms with Gasteiger partial charge in [-0.05, 0) is 50.5 Å². The summed E-state index contributed by atoms with van der Waals surface area (Å²) < 4.78 is 28.6. The topological polar surface area (TPSA) is 57.7 Å². The van der Waals surface area contributed by atoms with Crippen molar-refractivity contribution < 1.29 is 13.2 Å². The van der Waals surface area contributed by atoms with E-state index < -0.39 is 10.0 Å². The Labute approximate surface area is 187 Å². The summed E-state index contributed by atoms with van der Waals surface area (Å²) in [5.74, 6) is 0.294. The molecule has 7 heteroatoms. The summed E-state index contributed by atoms with van der Waals surface area (Å²) >= 11 is 5.65. The first-order chi connectivity index (χ1) is 14.3. The standard InChI is InChI=1S/C23H37ClN2O3S/c1-4-5-9-19(2)20(3)16-22(17-21-10-7-6-8-11-21)30(28,29)26-14-12-25(13-15-26)23(27)18-24/h7,10,16-17,19,21H,4-6,8-9,11-15,18H2,1-3H3/b20-16+,22-17+. The molecule has 0 N–H and O–H groups in total. The van der Waals surface area contributed by atoms with Crippen molar-refractivity contribution in [3.63, 3.8) is 0 Å². The number of rotatable bonds is 9. The van der Waals surface area contributed by atoms with Gasteiger partial charge in [-0.15, -0.1) is 11.6 Å². The van der Waals surface area contributed by atoms with Crippen LogP contribution in [0.15, 0.2) is 34.8 Å². The molecule has 1 aliphatic carbocycles. The van der Waals surface area contributed by atoms with Gasteiger partial charge in [0.1, 0.15) is 5.88 Å². The molecule has 2 rings (SSSR count). The van der Waals surface area contributed by atoms with E-state index in [4.69, 9.17) is 11.6 Å². The SMILES string of the molecule is CCCCC(C)/C(C)=C/C(=C\C1C=CCCC1)S(=O)(=O)N1CCN(C(=O)CCl)CC1. The van der Waals surface area contributed by atoms with Crippen LogP contribution in [0.5, 0.6) is 0 Å². The van der Waals surface area contributed by atoms with Crippen LogP contribution in [0.3, 0.4) is 0 Å². The van der Waals surface area contributed by atoms with Crippen molar-refractivity contribution in [2.24, 2.45) is 11.8 Å². The van der Waals surface area contributed by atoms with Crippen LogP contribution >= 0.6 is 11.6 Å². The van der Waals surface area contributed by atoms with E-state index in [0.717, 1.165) is 44.1 Å². The summed E-state index contributed by atoms with van der Waals surface area (Å²) in [6.45, 7) is 7.77. The largest absolute Gasteiger partial charge is 0.339 e. The monoisotopic (exact) mass is 456 g/mol. The lowest BCUT2D eigenvalue weighted by atomic mass is 9.94. The smallest absolute Gasteiger partial charge is 0.242 e. The molecule has 0 spiro atoms. The maximum atomic E-state index is 13.5. The quantitative estimate of drug-likeness (QED) is 0.286. The average Bonchev–Trinajstić information content (AvgIpc) is 2.77. The highest BCUT2D eigenvalue weighted by Gasteiger charge is 2.31. The number of unbranched alkanes of at least 4 members (excludes halogenated alkanes) is 1. The number of sulfonamides is 1. The van der Waals surface area contributed by atoms with Gasteiger partial charge in [0.05, 0.1) is 4.91 Å². The van der Waals surface area contributed by atoms with E-state index in [1.807, 2.05) is 19.1 Å². The number of alkyl halides is 1. The Bertz CT molecular complexity index is 765. The molecule has 0 bridgehead atoms. The molecule has 0 radical (unpaired) electrons. The van der Waals surface area contributed by atoms with Crippen LogP contribution in [-0.4, -0.2) is 55.6 Å². The van der Waals surface area contributed by atoms with Crippen LogP contribution in [0.25, 0.3) is 0 Å². The van der Waals surface area contributed by atoms with E-state index in [-0.39, 0.29) is 17.7 Å². The average molecular weight is 457 g/mol. The van der Waals surface area contributed by atoms with Gasteiger partial charge in [0, 0.05) is 26.2 Å². The second-order valence-corrected chi connectivity index (χ2v) is 10.6. The molecule has 30 heavy (non-hydrogen) atoms. The maximum Gasteiger partial charge on any atom is 0.242 e. The number of nitrogens with zero attached hydrogens (tertiary/aromatic N) is 2. The van der Waals surface area contributed by atoms with Gasteiger partial charge in [0.25, 0.3) is 0 Å². The van der Waals surface area contributed by atoms with Gasteiger partial charge in [-0.25, -0.2) is 8.42 Å². The van der Waals surface area contributed by atoms with Crippen LogP contribution in [0.1, 0.15) is 59.3 Å². The summed E-state index contributed by atoms with van der Waals surface area (Å²) in [5, 5.41) is 0. The fourth-order valence-electron chi connectivity index (χ4n) is 3.91. The van der Waals surface area contributed by atoms with Crippen molar-refractivity contribution >= 4 is 27.5 Å². The molecule has 0 saturated carbocycles. The molecule has 5 nitrogen and oxygen atoms in total. The second-order valence-electron chi connectivity index (χ2n) is 8.44. The van der Waals surface area contributed by atoms with Crippen molar-refractivity contribution in [1.82, 2.24) is 9.21 Å². The first-order valence-electron chi connectivity index (χ1n) is 11.2. The normalized spacial score (nSPS) is 22.9. The number of hydrogen-bond acceptors (Lipinski definition) is 3. The van der Waals surface area contributed by atoms with Gasteiger partial charge in [0.15, 0.2) is 0 Å². The highest BCUT2D eigenvalue weighted by atomic mass is 35.5. The zero-order valence-corrected chi connectivity index (χ0v) is 20.2.